The van der Waals surface area contributed by atoms with Crippen LogP contribution in [0.15, 0.2) is 18.2 Å². The lowest BCUT2D eigenvalue weighted by atomic mass is 9.91. The van der Waals surface area contributed by atoms with Crippen molar-refractivity contribution in [2.75, 3.05) is 12.4 Å². The maximum absolute atomic E-state index is 6.10. The summed E-state index contributed by atoms with van der Waals surface area (Å²) in [4.78, 5) is 0. The van der Waals surface area contributed by atoms with E-state index in [1.54, 1.807) is 7.11 Å². The lowest BCUT2D eigenvalue weighted by Gasteiger charge is -2.30. The Morgan fingerprint density at radius 2 is 2.12 bits per heavy atom. The van der Waals surface area contributed by atoms with Crippen molar-refractivity contribution in [2.45, 2.75) is 37.8 Å². The Morgan fingerprint density at radius 3 is 2.76 bits per heavy atom. The average molecular weight is 255 g/mol. The van der Waals surface area contributed by atoms with Crippen LogP contribution in [0.3, 0.4) is 0 Å². The van der Waals surface area contributed by atoms with Crippen LogP contribution in [0, 0.1) is 0 Å². The number of nitrogens with two attached hydrogens (primary N) is 1. The third-order valence-electron chi connectivity index (χ3n) is 3.32. The molecule has 1 fully saturated rings. The highest BCUT2D eigenvalue weighted by Gasteiger charge is 2.21. The smallest absolute Gasteiger partial charge is 0.137 e. The van der Waals surface area contributed by atoms with Crippen molar-refractivity contribution in [3.63, 3.8) is 0 Å². The van der Waals surface area contributed by atoms with Gasteiger partial charge in [0, 0.05) is 17.8 Å². The largest absolute Gasteiger partial charge is 0.495 e. The predicted molar refractivity (Wildman–Crippen MR) is 71.9 cm³/mol. The molecule has 0 aromatic heterocycles. The van der Waals surface area contributed by atoms with E-state index in [9.17, 15) is 0 Å². The number of ether oxygens (including phenoxy) is 1. The SMILES string of the molecule is COc1ccc(NC2CCCCC2N)cc1Cl. The summed E-state index contributed by atoms with van der Waals surface area (Å²) >= 11 is 6.09. The van der Waals surface area contributed by atoms with Crippen molar-refractivity contribution in [3.05, 3.63) is 23.2 Å². The van der Waals surface area contributed by atoms with Gasteiger partial charge in [-0.25, -0.2) is 0 Å². The number of anilines is 1. The van der Waals surface area contributed by atoms with Gasteiger partial charge >= 0.3 is 0 Å². The number of methoxy groups -OCH3 is 1. The van der Waals surface area contributed by atoms with Gasteiger partial charge in [0.05, 0.1) is 12.1 Å². The third kappa shape index (κ3) is 3.05. The van der Waals surface area contributed by atoms with E-state index in [4.69, 9.17) is 22.1 Å². The zero-order valence-corrected chi connectivity index (χ0v) is 10.8. The van der Waals surface area contributed by atoms with Gasteiger partial charge in [0.25, 0.3) is 0 Å². The minimum absolute atomic E-state index is 0.240. The highest BCUT2D eigenvalue weighted by molar-refractivity contribution is 6.32. The lowest BCUT2D eigenvalue weighted by molar-refractivity contribution is 0.403. The Balaban J connectivity index is 2.05. The third-order valence-corrected chi connectivity index (χ3v) is 3.62. The summed E-state index contributed by atoms with van der Waals surface area (Å²) in [7, 11) is 1.62. The molecule has 0 heterocycles. The minimum atomic E-state index is 0.240. The van der Waals surface area contributed by atoms with E-state index < -0.39 is 0 Å². The molecule has 0 amide bonds. The van der Waals surface area contributed by atoms with E-state index in [-0.39, 0.29) is 6.04 Å². The zero-order valence-electron chi connectivity index (χ0n) is 10.1. The van der Waals surface area contributed by atoms with E-state index in [0.29, 0.717) is 16.8 Å². The first kappa shape index (κ1) is 12.5. The van der Waals surface area contributed by atoms with Crippen molar-refractivity contribution in [1.82, 2.24) is 0 Å². The summed E-state index contributed by atoms with van der Waals surface area (Å²) in [6, 6.07) is 6.34. The second kappa shape index (κ2) is 5.61. The van der Waals surface area contributed by atoms with Crippen LogP contribution in [-0.4, -0.2) is 19.2 Å². The van der Waals surface area contributed by atoms with Gasteiger partial charge < -0.3 is 15.8 Å². The second-order valence-electron chi connectivity index (χ2n) is 4.55. The molecular formula is C13H19ClN2O. The highest BCUT2D eigenvalue weighted by Crippen LogP contribution is 2.29. The molecule has 4 heteroatoms. The van der Waals surface area contributed by atoms with E-state index >= 15 is 0 Å². The second-order valence-corrected chi connectivity index (χ2v) is 4.96. The summed E-state index contributed by atoms with van der Waals surface area (Å²) in [5.41, 5.74) is 7.11. The highest BCUT2D eigenvalue weighted by atomic mass is 35.5. The molecule has 0 bridgehead atoms. The molecule has 0 aliphatic heterocycles. The Labute approximate surface area is 107 Å². The molecule has 94 valence electrons. The van der Waals surface area contributed by atoms with Crippen molar-refractivity contribution >= 4 is 17.3 Å². The van der Waals surface area contributed by atoms with Gasteiger partial charge in [-0.1, -0.05) is 24.4 Å². The minimum Gasteiger partial charge on any atom is -0.495 e. The van der Waals surface area contributed by atoms with Crippen molar-refractivity contribution in [2.24, 2.45) is 5.73 Å². The monoisotopic (exact) mass is 254 g/mol. The molecule has 0 radical (unpaired) electrons. The van der Waals surface area contributed by atoms with Gasteiger partial charge in [0.2, 0.25) is 0 Å². The number of hydrogen-bond donors (Lipinski definition) is 2. The summed E-state index contributed by atoms with van der Waals surface area (Å²) in [5.74, 6) is 0.699. The fourth-order valence-corrected chi connectivity index (χ4v) is 2.57. The molecule has 1 aromatic rings. The molecule has 0 saturated heterocycles. The summed E-state index contributed by atoms with van der Waals surface area (Å²) in [5, 5.41) is 4.08. The quantitative estimate of drug-likeness (QED) is 0.872. The summed E-state index contributed by atoms with van der Waals surface area (Å²) in [6.07, 6.45) is 4.71. The number of nitrogens with one attached hydrogen (secondary N) is 1. The average Bonchev–Trinajstić information content (AvgIpc) is 2.32. The molecule has 3 nitrogen and oxygen atoms in total. The van der Waals surface area contributed by atoms with Gasteiger partial charge in [-0.3, -0.25) is 0 Å². The van der Waals surface area contributed by atoms with Crippen LogP contribution in [0.1, 0.15) is 25.7 Å². The van der Waals surface area contributed by atoms with E-state index in [1.165, 1.54) is 12.8 Å². The Hall–Kier alpha value is -0.930. The van der Waals surface area contributed by atoms with Crippen LogP contribution in [0.4, 0.5) is 5.69 Å². The van der Waals surface area contributed by atoms with Gasteiger partial charge in [0.1, 0.15) is 5.75 Å². The summed E-state index contributed by atoms with van der Waals surface area (Å²) < 4.78 is 5.13. The van der Waals surface area contributed by atoms with Crippen molar-refractivity contribution in [1.29, 1.82) is 0 Å². The van der Waals surface area contributed by atoms with E-state index in [0.717, 1.165) is 18.5 Å². The van der Waals surface area contributed by atoms with Crippen molar-refractivity contribution < 1.29 is 4.74 Å². The normalized spacial score (nSPS) is 24.4. The maximum atomic E-state index is 6.10. The van der Waals surface area contributed by atoms with Gasteiger partial charge in [-0.2, -0.15) is 0 Å². The number of rotatable bonds is 3. The molecule has 2 rings (SSSR count). The number of hydrogen-bond acceptors (Lipinski definition) is 3. The molecule has 2 unspecified atom stereocenters. The molecule has 1 aromatic carbocycles. The lowest BCUT2D eigenvalue weighted by Crippen LogP contribution is -2.42. The first-order valence-electron chi connectivity index (χ1n) is 6.06. The van der Waals surface area contributed by atoms with Gasteiger partial charge in [-0.05, 0) is 31.0 Å². The van der Waals surface area contributed by atoms with Crippen LogP contribution >= 0.6 is 11.6 Å². The molecule has 1 saturated carbocycles. The molecule has 2 atom stereocenters. The molecule has 0 spiro atoms. The van der Waals surface area contributed by atoms with Gasteiger partial charge in [-0.15, -0.1) is 0 Å². The zero-order chi connectivity index (χ0) is 12.3. The Morgan fingerprint density at radius 1 is 1.35 bits per heavy atom. The molecule has 1 aliphatic carbocycles. The topological polar surface area (TPSA) is 47.3 Å². The molecule has 1 aliphatic rings. The Kier molecular flexibility index (Phi) is 4.13. The number of benzene rings is 1. The van der Waals surface area contributed by atoms with Crippen LogP contribution in [0.25, 0.3) is 0 Å². The first-order valence-corrected chi connectivity index (χ1v) is 6.44. The van der Waals surface area contributed by atoms with Gasteiger partial charge in [0.15, 0.2) is 0 Å². The number of halogens is 1. The first-order chi connectivity index (χ1) is 8.20. The molecular weight excluding hydrogens is 236 g/mol. The molecule has 3 N–H and O–H groups in total. The van der Waals surface area contributed by atoms with Crippen LogP contribution in [0.5, 0.6) is 5.75 Å². The Bertz CT molecular complexity index is 384. The standard InChI is InChI=1S/C13H19ClN2O/c1-17-13-7-6-9(8-10(13)14)16-12-5-3-2-4-11(12)15/h6-8,11-12,16H,2-5,15H2,1H3. The molecule has 17 heavy (non-hydrogen) atoms. The van der Waals surface area contributed by atoms with E-state index in [1.807, 2.05) is 18.2 Å². The van der Waals surface area contributed by atoms with Crippen LogP contribution in [-0.2, 0) is 0 Å². The maximum Gasteiger partial charge on any atom is 0.137 e. The van der Waals surface area contributed by atoms with Crippen molar-refractivity contribution in [3.8, 4) is 5.75 Å². The predicted octanol–water partition coefficient (Wildman–Crippen LogP) is 3.03. The van der Waals surface area contributed by atoms with Crippen LogP contribution < -0.4 is 15.8 Å². The van der Waals surface area contributed by atoms with Crippen LogP contribution in [0.2, 0.25) is 5.02 Å². The summed E-state index contributed by atoms with van der Waals surface area (Å²) in [6.45, 7) is 0. The fraction of sp³-hybridized carbons (Fsp3) is 0.538. The van der Waals surface area contributed by atoms with E-state index in [2.05, 4.69) is 5.32 Å². The fourth-order valence-electron chi connectivity index (χ4n) is 2.31.